The molecule has 0 amide bonds. The maximum Gasteiger partial charge on any atom is 0.0788 e. The Bertz CT molecular complexity index is 1550. The highest BCUT2D eigenvalue weighted by molar-refractivity contribution is 6.24. The van der Waals surface area contributed by atoms with Crippen LogP contribution in [0.15, 0.2) is 97.1 Å². The molecule has 136 valence electrons. The molecule has 0 unspecified atom stereocenters. The Morgan fingerprint density at radius 1 is 0.552 bits per heavy atom. The molecule has 0 aliphatic rings. The number of fused-ring (bicyclic) bond motifs is 6. The standard InChI is InChI=1S/C28H19N/c1-18-15-25-27(23-14-8-7-13-22(18)23)24-16-20-11-5-6-12-21(20)17-26(24)29-28(25)19-9-3-2-4-10-19/h2-17H,1H3. The average molecular weight is 369 g/mol. The van der Waals surface area contributed by atoms with Crippen molar-refractivity contribution in [2.24, 2.45) is 0 Å². The minimum Gasteiger partial charge on any atom is -0.247 e. The van der Waals surface area contributed by atoms with Crippen molar-refractivity contribution in [3.8, 4) is 11.3 Å². The molecule has 1 nitrogen and oxygen atoms in total. The molecular weight excluding hydrogens is 350 g/mol. The van der Waals surface area contributed by atoms with Gasteiger partial charge in [0.05, 0.1) is 11.2 Å². The molecule has 29 heavy (non-hydrogen) atoms. The first-order valence-electron chi connectivity index (χ1n) is 9.99. The quantitative estimate of drug-likeness (QED) is 0.214. The van der Waals surface area contributed by atoms with Crippen molar-refractivity contribution in [2.75, 3.05) is 0 Å². The lowest BCUT2D eigenvalue weighted by Gasteiger charge is -2.15. The fourth-order valence-corrected chi connectivity index (χ4v) is 4.55. The predicted octanol–water partition coefficient (Wildman–Crippen LogP) is 7.67. The topological polar surface area (TPSA) is 12.9 Å². The highest BCUT2D eigenvalue weighted by atomic mass is 14.7. The molecule has 6 aromatic rings. The van der Waals surface area contributed by atoms with Gasteiger partial charge in [-0.05, 0) is 52.2 Å². The van der Waals surface area contributed by atoms with E-state index < -0.39 is 0 Å². The van der Waals surface area contributed by atoms with E-state index in [1.54, 1.807) is 0 Å². The summed E-state index contributed by atoms with van der Waals surface area (Å²) in [6.07, 6.45) is 0. The van der Waals surface area contributed by atoms with Crippen LogP contribution in [-0.2, 0) is 0 Å². The van der Waals surface area contributed by atoms with Crippen molar-refractivity contribution >= 4 is 43.2 Å². The first-order valence-corrected chi connectivity index (χ1v) is 9.99. The molecule has 0 saturated carbocycles. The number of hydrogen-bond donors (Lipinski definition) is 0. The molecule has 0 radical (unpaired) electrons. The summed E-state index contributed by atoms with van der Waals surface area (Å²) in [5.74, 6) is 0. The van der Waals surface area contributed by atoms with Crippen LogP contribution in [0, 0.1) is 6.92 Å². The van der Waals surface area contributed by atoms with Gasteiger partial charge < -0.3 is 0 Å². The lowest BCUT2D eigenvalue weighted by molar-refractivity contribution is 1.43. The first kappa shape index (κ1) is 16.3. The van der Waals surface area contributed by atoms with Crippen LogP contribution in [0.3, 0.4) is 0 Å². The highest BCUT2D eigenvalue weighted by Gasteiger charge is 2.15. The second kappa shape index (κ2) is 6.15. The molecule has 5 aromatic carbocycles. The van der Waals surface area contributed by atoms with Crippen molar-refractivity contribution in [1.29, 1.82) is 0 Å². The zero-order valence-corrected chi connectivity index (χ0v) is 16.2. The average Bonchev–Trinajstić information content (AvgIpc) is 2.78. The number of aromatic nitrogens is 1. The molecule has 0 aliphatic heterocycles. The Morgan fingerprint density at radius 3 is 2.00 bits per heavy atom. The van der Waals surface area contributed by atoms with Gasteiger partial charge in [0.15, 0.2) is 0 Å². The van der Waals surface area contributed by atoms with Crippen molar-refractivity contribution in [2.45, 2.75) is 6.92 Å². The summed E-state index contributed by atoms with van der Waals surface area (Å²) in [7, 11) is 0. The van der Waals surface area contributed by atoms with Gasteiger partial charge in [-0.15, -0.1) is 0 Å². The van der Waals surface area contributed by atoms with Crippen LogP contribution < -0.4 is 0 Å². The zero-order chi connectivity index (χ0) is 19.4. The normalized spacial score (nSPS) is 11.6. The van der Waals surface area contributed by atoms with Crippen LogP contribution in [0.2, 0.25) is 0 Å². The fourth-order valence-electron chi connectivity index (χ4n) is 4.55. The molecule has 0 bridgehead atoms. The molecule has 0 fully saturated rings. The van der Waals surface area contributed by atoms with Crippen molar-refractivity contribution in [1.82, 2.24) is 4.98 Å². The van der Waals surface area contributed by atoms with Gasteiger partial charge in [0.2, 0.25) is 0 Å². The maximum atomic E-state index is 5.17. The number of benzene rings is 5. The maximum absolute atomic E-state index is 5.17. The van der Waals surface area contributed by atoms with E-state index in [0.29, 0.717) is 0 Å². The summed E-state index contributed by atoms with van der Waals surface area (Å²) in [4.78, 5) is 5.17. The number of aryl methyl sites for hydroxylation is 1. The Balaban J connectivity index is 1.91. The number of pyridine rings is 1. The van der Waals surface area contributed by atoms with E-state index in [1.165, 1.54) is 43.3 Å². The van der Waals surface area contributed by atoms with E-state index in [2.05, 4.69) is 104 Å². The van der Waals surface area contributed by atoms with Gasteiger partial charge in [-0.1, -0.05) is 78.9 Å². The predicted molar refractivity (Wildman–Crippen MR) is 124 cm³/mol. The second-order valence-electron chi connectivity index (χ2n) is 7.70. The molecule has 0 atom stereocenters. The molecule has 1 heteroatoms. The minimum atomic E-state index is 1.05. The summed E-state index contributed by atoms with van der Waals surface area (Å²) in [6, 6.07) is 34.6. The van der Waals surface area contributed by atoms with E-state index >= 15 is 0 Å². The number of nitrogens with zero attached hydrogens (tertiary/aromatic N) is 1. The third kappa shape index (κ3) is 2.44. The fraction of sp³-hybridized carbons (Fsp3) is 0.0357. The monoisotopic (exact) mass is 369 g/mol. The van der Waals surface area contributed by atoms with Gasteiger partial charge in [-0.2, -0.15) is 0 Å². The van der Waals surface area contributed by atoms with Crippen molar-refractivity contribution in [3.05, 3.63) is 103 Å². The summed E-state index contributed by atoms with van der Waals surface area (Å²) in [6.45, 7) is 2.20. The smallest absolute Gasteiger partial charge is 0.0788 e. The largest absolute Gasteiger partial charge is 0.247 e. The van der Waals surface area contributed by atoms with Gasteiger partial charge in [0.25, 0.3) is 0 Å². The lowest BCUT2D eigenvalue weighted by Crippen LogP contribution is -1.92. The molecule has 1 aromatic heterocycles. The second-order valence-corrected chi connectivity index (χ2v) is 7.70. The van der Waals surface area contributed by atoms with E-state index in [1.807, 2.05) is 0 Å². The van der Waals surface area contributed by atoms with E-state index in [-0.39, 0.29) is 0 Å². The Morgan fingerprint density at radius 2 is 1.21 bits per heavy atom. The molecular formula is C28H19N. The van der Waals surface area contributed by atoms with Gasteiger partial charge in [-0.3, -0.25) is 0 Å². The van der Waals surface area contributed by atoms with E-state index in [0.717, 1.165) is 16.8 Å². The molecule has 0 saturated heterocycles. The zero-order valence-electron chi connectivity index (χ0n) is 16.2. The molecule has 0 N–H and O–H groups in total. The molecule has 0 spiro atoms. The van der Waals surface area contributed by atoms with Crippen LogP contribution in [0.1, 0.15) is 5.56 Å². The molecule has 1 heterocycles. The van der Waals surface area contributed by atoms with Gasteiger partial charge in [0.1, 0.15) is 0 Å². The third-order valence-electron chi connectivity index (χ3n) is 5.92. The SMILES string of the molecule is Cc1cc2c(-c3ccccc3)nc3cc4ccccc4cc3c2c2ccccc12. The van der Waals surface area contributed by atoms with Crippen LogP contribution in [0.5, 0.6) is 0 Å². The van der Waals surface area contributed by atoms with Crippen molar-refractivity contribution in [3.63, 3.8) is 0 Å². The molecule has 6 rings (SSSR count). The van der Waals surface area contributed by atoms with Gasteiger partial charge in [0, 0.05) is 21.7 Å². The van der Waals surface area contributed by atoms with Crippen molar-refractivity contribution < 1.29 is 0 Å². The van der Waals surface area contributed by atoms with Crippen LogP contribution in [0.25, 0.3) is 54.5 Å². The Labute approximate surface area is 169 Å². The van der Waals surface area contributed by atoms with E-state index in [9.17, 15) is 0 Å². The number of hydrogen-bond acceptors (Lipinski definition) is 1. The Kier molecular flexibility index (Phi) is 3.45. The van der Waals surface area contributed by atoms with Crippen LogP contribution in [-0.4, -0.2) is 4.98 Å². The summed E-state index contributed by atoms with van der Waals surface area (Å²) in [5, 5.41) is 8.80. The Hall–Kier alpha value is -3.71. The van der Waals surface area contributed by atoms with Gasteiger partial charge in [-0.25, -0.2) is 4.98 Å². The summed E-state index contributed by atoms with van der Waals surface area (Å²) < 4.78 is 0. The molecule has 0 aliphatic carbocycles. The van der Waals surface area contributed by atoms with Gasteiger partial charge >= 0.3 is 0 Å². The lowest BCUT2D eigenvalue weighted by atomic mass is 9.92. The van der Waals surface area contributed by atoms with Crippen LogP contribution >= 0.6 is 0 Å². The first-order chi connectivity index (χ1) is 14.3. The third-order valence-corrected chi connectivity index (χ3v) is 5.92. The highest BCUT2D eigenvalue weighted by Crippen LogP contribution is 2.39. The number of rotatable bonds is 1. The minimum absolute atomic E-state index is 1.05. The summed E-state index contributed by atoms with van der Waals surface area (Å²) >= 11 is 0. The van der Waals surface area contributed by atoms with E-state index in [4.69, 9.17) is 4.98 Å². The summed E-state index contributed by atoms with van der Waals surface area (Å²) in [5.41, 5.74) is 4.54. The van der Waals surface area contributed by atoms with Crippen LogP contribution in [0.4, 0.5) is 0 Å².